The number of aryl methyl sites for hydroxylation is 2. The highest BCUT2D eigenvalue weighted by Gasteiger charge is 2.39. The summed E-state index contributed by atoms with van der Waals surface area (Å²) in [6, 6.07) is 0. The number of amides is 1. The van der Waals surface area contributed by atoms with E-state index in [1.165, 1.54) is 11.3 Å². The molecule has 1 unspecified atom stereocenters. The second-order valence-electron chi connectivity index (χ2n) is 6.48. The quantitative estimate of drug-likeness (QED) is 0.842. The molecule has 2 aromatic heterocycles. The maximum Gasteiger partial charge on any atom is 0.265 e. The average Bonchev–Trinajstić information content (AvgIpc) is 3.14. The third kappa shape index (κ3) is 3.21. The molecule has 1 saturated heterocycles. The van der Waals surface area contributed by atoms with Crippen LogP contribution in [0.2, 0.25) is 0 Å². The maximum atomic E-state index is 12.9. The Balaban J connectivity index is 1.80. The molecule has 0 radical (unpaired) electrons. The highest BCUT2D eigenvalue weighted by atomic mass is 32.1. The van der Waals surface area contributed by atoms with Gasteiger partial charge in [0.2, 0.25) is 0 Å². The SMILES string of the molecule is COCc1nc(C2(C)CCCN(C(=O)c3sc(C)nc3C)C2)no1. The Hall–Kier alpha value is -1.80. The van der Waals surface area contributed by atoms with Gasteiger partial charge in [0, 0.05) is 25.6 Å². The highest BCUT2D eigenvalue weighted by molar-refractivity contribution is 7.13. The lowest BCUT2D eigenvalue weighted by atomic mass is 9.81. The van der Waals surface area contributed by atoms with Gasteiger partial charge in [-0.1, -0.05) is 12.1 Å². The lowest BCUT2D eigenvalue weighted by molar-refractivity contribution is 0.0646. The number of carbonyl (C=O) groups excluding carboxylic acids is 1. The fourth-order valence-corrected chi connectivity index (χ4v) is 4.04. The zero-order valence-electron chi connectivity index (χ0n) is 14.5. The Morgan fingerprint density at radius 2 is 2.21 bits per heavy atom. The number of rotatable bonds is 4. The van der Waals surface area contributed by atoms with Crippen molar-refractivity contribution < 1.29 is 14.1 Å². The first kappa shape index (κ1) is 17.0. The molecule has 8 heteroatoms. The second kappa shape index (κ2) is 6.60. The Labute approximate surface area is 145 Å². The minimum atomic E-state index is -0.308. The summed E-state index contributed by atoms with van der Waals surface area (Å²) in [5.41, 5.74) is 0.494. The van der Waals surface area contributed by atoms with E-state index in [-0.39, 0.29) is 11.3 Å². The fourth-order valence-electron chi connectivity index (χ4n) is 3.15. The molecule has 0 spiro atoms. The van der Waals surface area contributed by atoms with Crippen molar-refractivity contribution >= 4 is 17.2 Å². The monoisotopic (exact) mass is 350 g/mol. The van der Waals surface area contributed by atoms with Crippen molar-refractivity contribution in [1.82, 2.24) is 20.0 Å². The Morgan fingerprint density at radius 1 is 1.42 bits per heavy atom. The summed E-state index contributed by atoms with van der Waals surface area (Å²) < 4.78 is 10.3. The summed E-state index contributed by atoms with van der Waals surface area (Å²) in [5.74, 6) is 1.15. The maximum absolute atomic E-state index is 12.9. The number of likely N-dealkylation sites (tertiary alicyclic amines) is 1. The van der Waals surface area contributed by atoms with Crippen LogP contribution < -0.4 is 0 Å². The predicted molar refractivity (Wildman–Crippen MR) is 89.1 cm³/mol. The third-order valence-electron chi connectivity index (χ3n) is 4.36. The molecule has 0 bridgehead atoms. The molecule has 0 aliphatic carbocycles. The Morgan fingerprint density at radius 3 is 2.88 bits per heavy atom. The number of methoxy groups -OCH3 is 1. The van der Waals surface area contributed by atoms with Crippen molar-refractivity contribution in [3.05, 3.63) is 27.3 Å². The van der Waals surface area contributed by atoms with Gasteiger partial charge in [-0.15, -0.1) is 11.3 Å². The molecule has 24 heavy (non-hydrogen) atoms. The van der Waals surface area contributed by atoms with Crippen molar-refractivity contribution in [3.8, 4) is 0 Å². The number of thiazole rings is 1. The van der Waals surface area contributed by atoms with Crippen molar-refractivity contribution in [3.63, 3.8) is 0 Å². The van der Waals surface area contributed by atoms with Crippen LogP contribution in [0.3, 0.4) is 0 Å². The van der Waals surface area contributed by atoms with Gasteiger partial charge in [-0.05, 0) is 26.7 Å². The number of aromatic nitrogens is 3. The average molecular weight is 350 g/mol. The minimum Gasteiger partial charge on any atom is -0.375 e. The van der Waals surface area contributed by atoms with Gasteiger partial charge in [-0.3, -0.25) is 4.79 Å². The van der Waals surface area contributed by atoms with Gasteiger partial charge in [-0.2, -0.15) is 4.98 Å². The highest BCUT2D eigenvalue weighted by Crippen LogP contribution is 2.33. The van der Waals surface area contributed by atoms with E-state index in [2.05, 4.69) is 22.0 Å². The number of carbonyl (C=O) groups is 1. The van der Waals surface area contributed by atoms with E-state index in [1.807, 2.05) is 18.7 Å². The molecule has 1 aliphatic heterocycles. The number of piperidine rings is 1. The third-order valence-corrected chi connectivity index (χ3v) is 5.42. The van der Waals surface area contributed by atoms with Gasteiger partial charge in [0.1, 0.15) is 11.5 Å². The minimum absolute atomic E-state index is 0.0460. The van der Waals surface area contributed by atoms with Gasteiger partial charge in [0.15, 0.2) is 5.82 Å². The van der Waals surface area contributed by atoms with Crippen LogP contribution >= 0.6 is 11.3 Å². The van der Waals surface area contributed by atoms with Crippen LogP contribution in [0.25, 0.3) is 0 Å². The van der Waals surface area contributed by atoms with Crippen molar-refractivity contribution in [2.75, 3.05) is 20.2 Å². The molecule has 1 amide bonds. The summed E-state index contributed by atoms with van der Waals surface area (Å²) in [6.45, 7) is 7.51. The second-order valence-corrected chi connectivity index (χ2v) is 7.69. The number of ether oxygens (including phenoxy) is 1. The lowest BCUT2D eigenvalue weighted by Gasteiger charge is -2.38. The molecule has 1 atom stereocenters. The van der Waals surface area contributed by atoms with Crippen LogP contribution in [0.15, 0.2) is 4.52 Å². The van der Waals surface area contributed by atoms with E-state index in [9.17, 15) is 4.79 Å². The zero-order chi connectivity index (χ0) is 17.3. The first-order valence-electron chi connectivity index (χ1n) is 7.98. The van der Waals surface area contributed by atoms with Crippen LogP contribution in [0.1, 0.15) is 51.9 Å². The zero-order valence-corrected chi connectivity index (χ0v) is 15.3. The summed E-state index contributed by atoms with van der Waals surface area (Å²) in [7, 11) is 1.59. The summed E-state index contributed by atoms with van der Waals surface area (Å²) in [4.78, 5) is 24.3. The fraction of sp³-hybridized carbons (Fsp3) is 0.625. The molecule has 130 valence electrons. The van der Waals surface area contributed by atoms with Gasteiger partial charge >= 0.3 is 0 Å². The van der Waals surface area contributed by atoms with Crippen LogP contribution in [-0.2, 0) is 16.8 Å². The number of hydrogen-bond acceptors (Lipinski definition) is 7. The normalized spacial score (nSPS) is 21.2. The topological polar surface area (TPSA) is 81.4 Å². The Bertz CT molecular complexity index is 742. The molecule has 2 aromatic rings. The van der Waals surface area contributed by atoms with Crippen LogP contribution in [0.4, 0.5) is 0 Å². The largest absolute Gasteiger partial charge is 0.375 e. The molecule has 1 fully saturated rings. The van der Waals surface area contributed by atoms with Crippen LogP contribution in [0, 0.1) is 13.8 Å². The van der Waals surface area contributed by atoms with E-state index >= 15 is 0 Å². The summed E-state index contributed by atoms with van der Waals surface area (Å²) in [5, 5.41) is 5.02. The first-order valence-corrected chi connectivity index (χ1v) is 8.80. The van der Waals surface area contributed by atoms with Gasteiger partial charge < -0.3 is 14.2 Å². The molecule has 7 nitrogen and oxygen atoms in total. The van der Waals surface area contributed by atoms with Gasteiger partial charge in [-0.25, -0.2) is 4.98 Å². The molecule has 0 aromatic carbocycles. The molecule has 0 saturated carbocycles. The molecule has 1 aliphatic rings. The molecule has 0 N–H and O–H groups in total. The summed E-state index contributed by atoms with van der Waals surface area (Å²) in [6.07, 6.45) is 1.83. The van der Waals surface area contributed by atoms with Crippen molar-refractivity contribution in [1.29, 1.82) is 0 Å². The molecular weight excluding hydrogens is 328 g/mol. The van der Waals surface area contributed by atoms with Crippen LogP contribution in [-0.4, -0.2) is 46.1 Å². The first-order chi connectivity index (χ1) is 11.4. The number of hydrogen-bond donors (Lipinski definition) is 0. The summed E-state index contributed by atoms with van der Waals surface area (Å²) >= 11 is 1.45. The lowest BCUT2D eigenvalue weighted by Crippen LogP contribution is -2.47. The van der Waals surface area contributed by atoms with E-state index in [0.29, 0.717) is 24.9 Å². The van der Waals surface area contributed by atoms with Crippen LogP contribution in [0.5, 0.6) is 0 Å². The van der Waals surface area contributed by atoms with Crippen molar-refractivity contribution in [2.24, 2.45) is 0 Å². The van der Waals surface area contributed by atoms with Gasteiger partial charge in [0.25, 0.3) is 11.8 Å². The predicted octanol–water partition coefficient (Wildman–Crippen LogP) is 2.48. The number of nitrogens with zero attached hydrogens (tertiary/aromatic N) is 4. The van der Waals surface area contributed by atoms with E-state index in [1.54, 1.807) is 7.11 Å². The van der Waals surface area contributed by atoms with E-state index < -0.39 is 0 Å². The molecule has 3 heterocycles. The van der Waals surface area contributed by atoms with Gasteiger partial charge in [0.05, 0.1) is 10.7 Å². The molecular formula is C16H22N4O3S. The van der Waals surface area contributed by atoms with Crippen molar-refractivity contribution in [2.45, 2.75) is 45.6 Å². The smallest absolute Gasteiger partial charge is 0.265 e. The standard InChI is InChI=1S/C16H22N4O3S/c1-10-13(24-11(2)17-10)14(21)20-7-5-6-16(3,9-20)15-18-12(8-22-4)23-19-15/h5-9H2,1-4H3. The molecule has 3 rings (SSSR count). The van der Waals surface area contributed by atoms with E-state index in [0.717, 1.165) is 35.0 Å². The Kier molecular flexibility index (Phi) is 4.69. The van der Waals surface area contributed by atoms with E-state index in [4.69, 9.17) is 9.26 Å².